The van der Waals surface area contributed by atoms with Gasteiger partial charge in [-0.2, -0.15) is 5.26 Å². The van der Waals surface area contributed by atoms with Crippen LogP contribution in [0.1, 0.15) is 29.9 Å². The van der Waals surface area contributed by atoms with E-state index in [0.717, 1.165) is 5.56 Å². The zero-order valence-corrected chi connectivity index (χ0v) is 8.68. The van der Waals surface area contributed by atoms with E-state index in [4.69, 9.17) is 10.4 Å². The van der Waals surface area contributed by atoms with Crippen LogP contribution < -0.4 is 0 Å². The number of carbonyl (C=O) groups is 1. The van der Waals surface area contributed by atoms with E-state index in [1.54, 1.807) is 6.07 Å². The summed E-state index contributed by atoms with van der Waals surface area (Å²) < 4.78 is 0. The van der Waals surface area contributed by atoms with Crippen LogP contribution in [0.2, 0.25) is 0 Å². The molecule has 0 saturated heterocycles. The smallest absolute Gasteiger partial charge is 0.346 e. The molecule has 1 aliphatic carbocycles. The molecular formula is C13H11NO2. The van der Waals surface area contributed by atoms with Crippen molar-refractivity contribution in [3.63, 3.8) is 0 Å². The summed E-state index contributed by atoms with van der Waals surface area (Å²) in [7, 11) is 0. The van der Waals surface area contributed by atoms with Crippen molar-refractivity contribution < 1.29 is 9.90 Å². The molecule has 0 heterocycles. The molecular weight excluding hydrogens is 202 g/mol. The molecule has 1 aliphatic rings. The van der Waals surface area contributed by atoms with E-state index >= 15 is 0 Å². The third-order valence-corrected chi connectivity index (χ3v) is 2.62. The second kappa shape index (κ2) is 4.19. The Morgan fingerprint density at radius 1 is 1.50 bits per heavy atom. The van der Waals surface area contributed by atoms with Crippen LogP contribution in [-0.2, 0) is 4.79 Å². The van der Waals surface area contributed by atoms with Gasteiger partial charge in [-0.1, -0.05) is 24.3 Å². The number of benzene rings is 1. The fourth-order valence-corrected chi connectivity index (χ4v) is 1.63. The summed E-state index contributed by atoms with van der Waals surface area (Å²) in [6.45, 7) is 0. The summed E-state index contributed by atoms with van der Waals surface area (Å²) in [5.74, 6) is -0.553. The lowest BCUT2D eigenvalue weighted by Gasteiger charge is -1.99. The van der Waals surface area contributed by atoms with E-state index in [-0.39, 0.29) is 5.57 Å². The molecule has 16 heavy (non-hydrogen) atoms. The summed E-state index contributed by atoms with van der Waals surface area (Å²) in [5, 5.41) is 17.4. The normalized spacial score (nSPS) is 15.6. The van der Waals surface area contributed by atoms with Crippen LogP contribution in [0.15, 0.2) is 29.8 Å². The average Bonchev–Trinajstić information content (AvgIpc) is 3.09. The van der Waals surface area contributed by atoms with Crippen molar-refractivity contribution in [3.05, 3.63) is 41.0 Å². The van der Waals surface area contributed by atoms with Gasteiger partial charge in [0.05, 0.1) is 0 Å². The Hall–Kier alpha value is -2.08. The standard InChI is InChI=1S/C13H11NO2/c14-8-12(13(15)16)7-9-2-1-3-11(6-9)10-4-5-10/h1-3,6-7,10H,4-5H2,(H,15,16). The molecule has 0 spiro atoms. The lowest BCUT2D eigenvalue weighted by atomic mass is 10.1. The SMILES string of the molecule is N#CC(=Cc1cccc(C2CC2)c1)C(=O)O. The van der Waals surface area contributed by atoms with Gasteiger partial charge in [0.15, 0.2) is 0 Å². The number of hydrogen-bond acceptors (Lipinski definition) is 2. The number of aliphatic carboxylic acids is 1. The van der Waals surface area contributed by atoms with Crippen molar-refractivity contribution in [3.8, 4) is 6.07 Å². The van der Waals surface area contributed by atoms with Crippen molar-refractivity contribution >= 4 is 12.0 Å². The molecule has 0 aliphatic heterocycles. The van der Waals surface area contributed by atoms with Gasteiger partial charge in [-0.05, 0) is 36.0 Å². The molecule has 0 atom stereocenters. The quantitative estimate of drug-likeness (QED) is 0.620. The van der Waals surface area contributed by atoms with Crippen molar-refractivity contribution in [1.82, 2.24) is 0 Å². The third-order valence-electron chi connectivity index (χ3n) is 2.62. The van der Waals surface area contributed by atoms with E-state index in [9.17, 15) is 4.79 Å². The first-order valence-corrected chi connectivity index (χ1v) is 5.16. The van der Waals surface area contributed by atoms with Crippen molar-refractivity contribution in [1.29, 1.82) is 5.26 Å². The second-order valence-electron chi connectivity index (χ2n) is 3.92. The van der Waals surface area contributed by atoms with Crippen LogP contribution in [0.4, 0.5) is 0 Å². The lowest BCUT2D eigenvalue weighted by Crippen LogP contribution is -1.97. The van der Waals surface area contributed by atoms with Crippen LogP contribution in [0.3, 0.4) is 0 Å². The van der Waals surface area contributed by atoms with Crippen molar-refractivity contribution in [2.75, 3.05) is 0 Å². The molecule has 3 heteroatoms. The largest absolute Gasteiger partial charge is 0.477 e. The van der Waals surface area contributed by atoms with Gasteiger partial charge < -0.3 is 5.11 Å². The fraction of sp³-hybridized carbons (Fsp3) is 0.231. The molecule has 0 unspecified atom stereocenters. The lowest BCUT2D eigenvalue weighted by molar-refractivity contribution is -0.132. The molecule has 1 saturated carbocycles. The van der Waals surface area contributed by atoms with E-state index < -0.39 is 5.97 Å². The monoisotopic (exact) mass is 213 g/mol. The molecule has 1 aromatic carbocycles. The van der Waals surface area contributed by atoms with E-state index in [1.165, 1.54) is 24.5 Å². The maximum Gasteiger partial charge on any atom is 0.346 e. The minimum atomic E-state index is -1.18. The van der Waals surface area contributed by atoms with E-state index in [2.05, 4.69) is 0 Å². The number of nitriles is 1. The van der Waals surface area contributed by atoms with Gasteiger partial charge in [0, 0.05) is 0 Å². The molecule has 0 radical (unpaired) electrons. The highest BCUT2D eigenvalue weighted by Crippen LogP contribution is 2.40. The summed E-state index contributed by atoms with van der Waals surface area (Å²) >= 11 is 0. The fourth-order valence-electron chi connectivity index (χ4n) is 1.63. The van der Waals surface area contributed by atoms with E-state index in [1.807, 2.05) is 24.3 Å². The number of rotatable bonds is 3. The summed E-state index contributed by atoms with van der Waals surface area (Å²) in [6, 6.07) is 9.39. The van der Waals surface area contributed by atoms with Gasteiger partial charge in [-0.3, -0.25) is 0 Å². The molecule has 1 fully saturated rings. The highest BCUT2D eigenvalue weighted by atomic mass is 16.4. The van der Waals surface area contributed by atoms with Gasteiger partial charge >= 0.3 is 5.97 Å². The Labute approximate surface area is 93.6 Å². The first-order valence-electron chi connectivity index (χ1n) is 5.16. The minimum absolute atomic E-state index is 0.229. The maximum absolute atomic E-state index is 10.7. The van der Waals surface area contributed by atoms with Gasteiger partial charge in [0.1, 0.15) is 11.6 Å². The van der Waals surface area contributed by atoms with Crippen molar-refractivity contribution in [2.24, 2.45) is 0 Å². The Morgan fingerprint density at radius 3 is 2.81 bits per heavy atom. The first-order chi connectivity index (χ1) is 7.70. The number of nitrogens with zero attached hydrogens (tertiary/aromatic N) is 1. The van der Waals surface area contributed by atoms with Crippen LogP contribution in [-0.4, -0.2) is 11.1 Å². The van der Waals surface area contributed by atoms with Crippen molar-refractivity contribution in [2.45, 2.75) is 18.8 Å². The molecule has 0 bridgehead atoms. The molecule has 1 aromatic rings. The summed E-state index contributed by atoms with van der Waals surface area (Å²) in [6.07, 6.45) is 3.82. The predicted octanol–water partition coefficient (Wildman–Crippen LogP) is 2.56. The zero-order chi connectivity index (χ0) is 11.5. The molecule has 3 nitrogen and oxygen atoms in total. The minimum Gasteiger partial charge on any atom is -0.477 e. The number of carboxylic acids is 1. The number of carboxylic acid groups (broad SMARTS) is 1. The van der Waals surface area contributed by atoms with Crippen LogP contribution >= 0.6 is 0 Å². The van der Waals surface area contributed by atoms with Gasteiger partial charge in [-0.15, -0.1) is 0 Å². The van der Waals surface area contributed by atoms with Gasteiger partial charge in [-0.25, -0.2) is 4.79 Å². The molecule has 0 amide bonds. The number of hydrogen-bond donors (Lipinski definition) is 1. The molecule has 80 valence electrons. The van der Waals surface area contributed by atoms with E-state index in [0.29, 0.717) is 5.92 Å². The Balaban J connectivity index is 2.30. The zero-order valence-electron chi connectivity index (χ0n) is 8.68. The molecule has 2 rings (SSSR count). The third kappa shape index (κ3) is 2.29. The highest BCUT2D eigenvalue weighted by molar-refractivity contribution is 5.96. The van der Waals surface area contributed by atoms with Crippen LogP contribution in [0.25, 0.3) is 6.08 Å². The first kappa shape index (κ1) is 10.4. The Kier molecular flexibility index (Phi) is 2.74. The van der Waals surface area contributed by atoms with Crippen LogP contribution in [0, 0.1) is 11.3 Å². The molecule has 1 N–H and O–H groups in total. The average molecular weight is 213 g/mol. The Bertz CT molecular complexity index is 493. The maximum atomic E-state index is 10.7. The Morgan fingerprint density at radius 2 is 2.25 bits per heavy atom. The predicted molar refractivity (Wildman–Crippen MR) is 59.6 cm³/mol. The van der Waals surface area contributed by atoms with Crippen LogP contribution in [0.5, 0.6) is 0 Å². The summed E-state index contributed by atoms with van der Waals surface area (Å²) in [4.78, 5) is 10.7. The van der Waals surface area contributed by atoms with Gasteiger partial charge in [0.25, 0.3) is 0 Å². The second-order valence-corrected chi connectivity index (χ2v) is 3.92. The van der Waals surface area contributed by atoms with Gasteiger partial charge in [0.2, 0.25) is 0 Å². The topological polar surface area (TPSA) is 61.1 Å². The highest BCUT2D eigenvalue weighted by Gasteiger charge is 2.23. The summed E-state index contributed by atoms with van der Waals surface area (Å²) in [5.41, 5.74) is 1.78. The molecule has 0 aromatic heterocycles.